The van der Waals surface area contributed by atoms with Gasteiger partial charge >= 0.3 is 0 Å². The lowest BCUT2D eigenvalue weighted by atomic mass is 9.96. The molecule has 0 spiro atoms. The molecule has 0 fully saturated rings. The van der Waals surface area contributed by atoms with E-state index in [0.717, 1.165) is 38.9 Å². The average Bonchev–Trinajstić information content (AvgIpc) is 3.01. The third-order valence-corrected chi connectivity index (χ3v) is 4.28. The summed E-state index contributed by atoms with van der Waals surface area (Å²) in [7, 11) is 0. The minimum absolute atomic E-state index is 0.0509. The molecule has 0 bridgehead atoms. The first-order chi connectivity index (χ1) is 11.7. The van der Waals surface area contributed by atoms with Crippen LogP contribution in [0.25, 0.3) is 22.2 Å². The van der Waals surface area contributed by atoms with Gasteiger partial charge in [-0.05, 0) is 24.6 Å². The first-order valence-electron chi connectivity index (χ1n) is 8.01. The van der Waals surface area contributed by atoms with Crippen molar-refractivity contribution in [1.29, 1.82) is 0 Å². The fourth-order valence-corrected chi connectivity index (χ4v) is 3.13. The number of aromatic nitrogens is 1. The summed E-state index contributed by atoms with van der Waals surface area (Å²) in [5, 5.41) is 0.961. The highest BCUT2D eigenvalue weighted by atomic mass is 16.1. The molecule has 0 aliphatic heterocycles. The molecular formula is C22H17NO. The van der Waals surface area contributed by atoms with E-state index in [2.05, 4.69) is 4.98 Å². The van der Waals surface area contributed by atoms with Crippen LogP contribution >= 0.6 is 0 Å². The van der Waals surface area contributed by atoms with Gasteiger partial charge in [-0.15, -0.1) is 0 Å². The van der Waals surface area contributed by atoms with Gasteiger partial charge in [0.25, 0.3) is 0 Å². The topological polar surface area (TPSA) is 32.9 Å². The number of benzene rings is 3. The maximum absolute atomic E-state index is 13.2. The lowest BCUT2D eigenvalue weighted by Gasteiger charge is -2.06. The van der Waals surface area contributed by atoms with E-state index in [9.17, 15) is 4.79 Å². The lowest BCUT2D eigenvalue weighted by Crippen LogP contribution is -2.02. The van der Waals surface area contributed by atoms with Crippen LogP contribution in [0.5, 0.6) is 0 Å². The Morgan fingerprint density at radius 2 is 1.58 bits per heavy atom. The summed E-state index contributed by atoms with van der Waals surface area (Å²) in [5.41, 5.74) is 5.42. The van der Waals surface area contributed by atoms with E-state index in [1.54, 1.807) is 0 Å². The number of nitrogens with one attached hydrogen (secondary N) is 1. The summed E-state index contributed by atoms with van der Waals surface area (Å²) in [6, 6.07) is 25.7. The molecule has 0 aliphatic rings. The fraction of sp³-hybridized carbons (Fsp3) is 0.0455. The van der Waals surface area contributed by atoms with Crippen molar-refractivity contribution >= 4 is 16.7 Å². The van der Waals surface area contributed by atoms with Crippen molar-refractivity contribution < 1.29 is 4.79 Å². The molecule has 1 aromatic heterocycles. The number of aryl methyl sites for hydroxylation is 1. The number of carbonyl (C=O) groups excluding carboxylic acids is 1. The van der Waals surface area contributed by atoms with Gasteiger partial charge in [0, 0.05) is 16.5 Å². The Labute approximate surface area is 140 Å². The van der Waals surface area contributed by atoms with Gasteiger partial charge in [0.15, 0.2) is 5.78 Å². The molecule has 116 valence electrons. The third kappa shape index (κ3) is 2.42. The average molecular weight is 311 g/mol. The number of H-pyrrole nitrogens is 1. The summed E-state index contributed by atoms with van der Waals surface area (Å²) in [4.78, 5) is 16.7. The van der Waals surface area contributed by atoms with Gasteiger partial charge in [-0.1, -0.05) is 72.3 Å². The molecule has 0 amide bonds. The van der Waals surface area contributed by atoms with E-state index in [1.807, 2.05) is 85.8 Å². The van der Waals surface area contributed by atoms with E-state index in [-0.39, 0.29) is 5.78 Å². The van der Waals surface area contributed by atoms with Crippen molar-refractivity contribution in [1.82, 2.24) is 4.98 Å². The normalized spacial score (nSPS) is 10.9. The Morgan fingerprint density at radius 1 is 0.833 bits per heavy atom. The van der Waals surface area contributed by atoms with Crippen molar-refractivity contribution in [3.63, 3.8) is 0 Å². The number of hydrogen-bond donors (Lipinski definition) is 1. The van der Waals surface area contributed by atoms with Crippen LogP contribution in [-0.4, -0.2) is 10.8 Å². The molecule has 0 radical (unpaired) electrons. The highest BCUT2D eigenvalue weighted by Crippen LogP contribution is 2.32. The predicted octanol–water partition coefficient (Wildman–Crippen LogP) is 5.37. The molecule has 0 aliphatic carbocycles. The summed E-state index contributed by atoms with van der Waals surface area (Å²) >= 11 is 0. The second-order valence-corrected chi connectivity index (χ2v) is 5.99. The van der Waals surface area contributed by atoms with Gasteiger partial charge in [0.05, 0.1) is 11.3 Å². The largest absolute Gasteiger partial charge is 0.354 e. The monoisotopic (exact) mass is 311 g/mol. The zero-order valence-corrected chi connectivity index (χ0v) is 13.4. The number of ketones is 1. The highest BCUT2D eigenvalue weighted by Gasteiger charge is 2.20. The molecule has 4 rings (SSSR count). The zero-order valence-electron chi connectivity index (χ0n) is 13.4. The number of para-hydroxylation sites is 1. The first kappa shape index (κ1) is 14.5. The van der Waals surface area contributed by atoms with Crippen LogP contribution < -0.4 is 0 Å². The minimum atomic E-state index is 0.0509. The van der Waals surface area contributed by atoms with E-state index in [1.165, 1.54) is 0 Å². The second kappa shape index (κ2) is 5.82. The maximum atomic E-state index is 13.2. The van der Waals surface area contributed by atoms with Crippen LogP contribution in [0.15, 0.2) is 78.9 Å². The number of aromatic amines is 1. The molecular weight excluding hydrogens is 294 g/mol. The summed E-state index contributed by atoms with van der Waals surface area (Å²) in [5.74, 6) is 0.0509. The van der Waals surface area contributed by atoms with Crippen LogP contribution in [0.3, 0.4) is 0 Å². The van der Waals surface area contributed by atoms with Crippen LogP contribution in [-0.2, 0) is 0 Å². The van der Waals surface area contributed by atoms with Gasteiger partial charge in [-0.2, -0.15) is 0 Å². The first-order valence-corrected chi connectivity index (χ1v) is 8.01. The van der Waals surface area contributed by atoms with E-state index < -0.39 is 0 Å². The molecule has 0 unspecified atom stereocenters. The summed E-state index contributed by atoms with van der Waals surface area (Å²) in [6.45, 7) is 2.00. The minimum Gasteiger partial charge on any atom is -0.354 e. The molecule has 1 N–H and O–H groups in total. The third-order valence-electron chi connectivity index (χ3n) is 4.28. The summed E-state index contributed by atoms with van der Waals surface area (Å²) in [6.07, 6.45) is 0. The van der Waals surface area contributed by atoms with Crippen LogP contribution in [0.4, 0.5) is 0 Å². The number of rotatable bonds is 3. The lowest BCUT2D eigenvalue weighted by molar-refractivity contribution is 0.104. The van der Waals surface area contributed by atoms with E-state index in [0.29, 0.717) is 0 Å². The molecule has 2 nitrogen and oxygen atoms in total. The molecule has 1 heterocycles. The van der Waals surface area contributed by atoms with Gasteiger partial charge in [-0.3, -0.25) is 4.79 Å². The second-order valence-electron chi connectivity index (χ2n) is 5.99. The maximum Gasteiger partial charge on any atom is 0.195 e. The number of carbonyl (C=O) groups is 1. The van der Waals surface area contributed by atoms with Gasteiger partial charge in [-0.25, -0.2) is 0 Å². The summed E-state index contributed by atoms with van der Waals surface area (Å²) < 4.78 is 0. The van der Waals surface area contributed by atoms with Crippen molar-refractivity contribution in [2.24, 2.45) is 0 Å². The smallest absolute Gasteiger partial charge is 0.195 e. The molecule has 0 saturated carbocycles. The highest BCUT2D eigenvalue weighted by molar-refractivity contribution is 6.20. The SMILES string of the molecule is Cc1cccc(C(=O)c2c(-c3ccccc3)[nH]c3ccccc23)c1. The van der Waals surface area contributed by atoms with Crippen molar-refractivity contribution in [3.05, 3.63) is 95.6 Å². The molecule has 2 heteroatoms. The quantitative estimate of drug-likeness (QED) is 0.507. The van der Waals surface area contributed by atoms with Crippen molar-refractivity contribution in [2.45, 2.75) is 6.92 Å². The van der Waals surface area contributed by atoms with Crippen LogP contribution in [0.2, 0.25) is 0 Å². The Bertz CT molecular complexity index is 1030. The van der Waals surface area contributed by atoms with Crippen LogP contribution in [0, 0.1) is 6.92 Å². The van der Waals surface area contributed by atoms with Gasteiger partial charge in [0.2, 0.25) is 0 Å². The molecule has 4 aromatic rings. The van der Waals surface area contributed by atoms with Crippen molar-refractivity contribution in [2.75, 3.05) is 0 Å². The van der Waals surface area contributed by atoms with Gasteiger partial charge in [0.1, 0.15) is 0 Å². The van der Waals surface area contributed by atoms with Crippen LogP contribution in [0.1, 0.15) is 21.5 Å². The molecule has 3 aromatic carbocycles. The standard InChI is InChI=1S/C22H17NO/c1-15-8-7-11-17(14-15)22(24)20-18-12-5-6-13-19(18)23-21(20)16-9-3-2-4-10-16/h2-14,23H,1H3. The van der Waals surface area contributed by atoms with E-state index >= 15 is 0 Å². The predicted molar refractivity (Wildman–Crippen MR) is 98.3 cm³/mol. The zero-order chi connectivity index (χ0) is 16.5. The number of hydrogen-bond acceptors (Lipinski definition) is 1. The van der Waals surface area contributed by atoms with E-state index in [4.69, 9.17) is 0 Å². The Hall–Kier alpha value is -3.13. The Morgan fingerprint density at radius 3 is 2.38 bits per heavy atom. The fourth-order valence-electron chi connectivity index (χ4n) is 3.13. The Kier molecular flexibility index (Phi) is 3.51. The number of fused-ring (bicyclic) bond motifs is 1. The molecule has 0 atom stereocenters. The molecule has 24 heavy (non-hydrogen) atoms. The molecule has 0 saturated heterocycles. The van der Waals surface area contributed by atoms with Crippen molar-refractivity contribution in [3.8, 4) is 11.3 Å². The van der Waals surface area contributed by atoms with Gasteiger partial charge < -0.3 is 4.98 Å². The Balaban J connectivity index is 1.98.